The number of carbonyl (C=O) groups is 1. The maximum atomic E-state index is 13.5. The summed E-state index contributed by atoms with van der Waals surface area (Å²) in [5, 5.41) is 3.16. The molecule has 3 aliphatic rings. The molecule has 1 saturated heterocycles. The van der Waals surface area contributed by atoms with E-state index in [1.165, 1.54) is 0 Å². The van der Waals surface area contributed by atoms with Crippen LogP contribution in [0.25, 0.3) is 6.08 Å². The van der Waals surface area contributed by atoms with E-state index in [4.69, 9.17) is 5.73 Å². The third-order valence-corrected chi connectivity index (χ3v) is 8.68. The van der Waals surface area contributed by atoms with E-state index in [-0.39, 0.29) is 37.8 Å². The molecular formula is C23H26F6N4O3S. The SMILES string of the molecule is Nc1cc(C(F)(F)F)c(/C=C/S(=O)(=O)N2CCC3(CC2)N=C(C2CCCCC2)NC3=O)c(C(F)(F)F)c1. The number of amides is 1. The first-order valence-electron chi connectivity index (χ1n) is 11.8. The van der Waals surface area contributed by atoms with Gasteiger partial charge in [-0.3, -0.25) is 9.79 Å². The Morgan fingerprint density at radius 3 is 2.05 bits per heavy atom. The second-order valence-electron chi connectivity index (χ2n) is 9.59. The highest BCUT2D eigenvalue weighted by Gasteiger charge is 2.48. The summed E-state index contributed by atoms with van der Waals surface area (Å²) in [5.74, 6) is 0.447. The number of aliphatic imine (C=N–C) groups is 1. The highest BCUT2D eigenvalue weighted by Crippen LogP contribution is 2.42. The van der Waals surface area contributed by atoms with Crippen LogP contribution < -0.4 is 11.1 Å². The van der Waals surface area contributed by atoms with E-state index in [2.05, 4.69) is 10.3 Å². The molecule has 1 saturated carbocycles. The van der Waals surface area contributed by atoms with Gasteiger partial charge in [-0.2, -0.15) is 30.6 Å². The van der Waals surface area contributed by atoms with Crippen molar-refractivity contribution in [3.8, 4) is 0 Å². The Bertz CT molecular complexity index is 1190. The molecule has 14 heteroatoms. The summed E-state index contributed by atoms with van der Waals surface area (Å²) in [5.41, 5.74) is -1.37. The quantitative estimate of drug-likeness (QED) is 0.423. The van der Waals surface area contributed by atoms with Gasteiger partial charge in [0.1, 0.15) is 11.4 Å². The molecule has 0 bridgehead atoms. The number of amidine groups is 1. The number of sulfonamides is 1. The summed E-state index contributed by atoms with van der Waals surface area (Å²) in [6, 6.07) is 0.652. The van der Waals surface area contributed by atoms with Gasteiger partial charge in [0.05, 0.1) is 11.1 Å². The Kier molecular flexibility index (Phi) is 7.12. The number of piperidine rings is 1. The minimum absolute atomic E-state index is 0.0472. The zero-order chi connectivity index (χ0) is 27.2. The molecule has 0 radical (unpaired) electrons. The molecule has 37 heavy (non-hydrogen) atoms. The van der Waals surface area contributed by atoms with Crippen molar-refractivity contribution in [1.82, 2.24) is 9.62 Å². The summed E-state index contributed by atoms with van der Waals surface area (Å²) in [6.07, 6.45) is -5.02. The maximum Gasteiger partial charge on any atom is 0.417 e. The van der Waals surface area contributed by atoms with Crippen LogP contribution in [0, 0.1) is 5.92 Å². The number of hydrogen-bond donors (Lipinski definition) is 2. The molecule has 7 nitrogen and oxygen atoms in total. The first kappa shape index (κ1) is 27.4. The van der Waals surface area contributed by atoms with Gasteiger partial charge in [-0.25, -0.2) is 8.42 Å². The number of anilines is 1. The summed E-state index contributed by atoms with van der Waals surface area (Å²) in [7, 11) is -4.41. The third-order valence-electron chi connectivity index (χ3n) is 7.12. The van der Waals surface area contributed by atoms with E-state index >= 15 is 0 Å². The molecule has 1 spiro atoms. The number of nitrogen functional groups attached to an aromatic ring is 1. The highest BCUT2D eigenvalue weighted by atomic mass is 32.2. The lowest BCUT2D eigenvalue weighted by Gasteiger charge is -2.34. The fraction of sp³-hybridized carbons (Fsp3) is 0.565. The number of rotatable bonds is 4. The Hall–Kier alpha value is -2.61. The average molecular weight is 553 g/mol. The van der Waals surface area contributed by atoms with Crippen LogP contribution >= 0.6 is 0 Å². The molecule has 0 aromatic heterocycles. The number of hydrogen-bond acceptors (Lipinski definition) is 5. The van der Waals surface area contributed by atoms with Gasteiger partial charge in [0.25, 0.3) is 5.91 Å². The van der Waals surface area contributed by atoms with Gasteiger partial charge in [-0.15, -0.1) is 0 Å². The van der Waals surface area contributed by atoms with Gasteiger partial charge >= 0.3 is 12.4 Å². The van der Waals surface area contributed by atoms with Gasteiger partial charge in [0.15, 0.2) is 0 Å². The van der Waals surface area contributed by atoms with E-state index in [1.54, 1.807) is 0 Å². The van der Waals surface area contributed by atoms with Crippen LogP contribution in [-0.4, -0.2) is 43.1 Å². The summed E-state index contributed by atoms with van der Waals surface area (Å²) >= 11 is 0. The van der Waals surface area contributed by atoms with Crippen LogP contribution in [0.3, 0.4) is 0 Å². The normalized spacial score (nSPS) is 22.0. The predicted molar refractivity (Wildman–Crippen MR) is 125 cm³/mol. The van der Waals surface area contributed by atoms with Crippen LogP contribution in [-0.2, 0) is 27.2 Å². The minimum Gasteiger partial charge on any atom is -0.399 e. The second kappa shape index (κ2) is 9.61. The van der Waals surface area contributed by atoms with Crippen molar-refractivity contribution < 1.29 is 39.6 Å². The van der Waals surface area contributed by atoms with Crippen LogP contribution in [0.1, 0.15) is 61.6 Å². The van der Waals surface area contributed by atoms with Crippen molar-refractivity contribution in [2.24, 2.45) is 10.9 Å². The number of nitrogens with one attached hydrogen (secondary N) is 1. The Morgan fingerprint density at radius 1 is 1.00 bits per heavy atom. The Labute approximate surface area is 209 Å². The molecule has 0 unspecified atom stereocenters. The predicted octanol–water partition coefficient (Wildman–Crippen LogP) is 4.55. The van der Waals surface area contributed by atoms with Gasteiger partial charge < -0.3 is 11.1 Å². The number of carbonyl (C=O) groups excluding carboxylic acids is 1. The van der Waals surface area contributed by atoms with Crippen LogP contribution in [0.5, 0.6) is 0 Å². The van der Waals surface area contributed by atoms with E-state index in [1.807, 2.05) is 0 Å². The molecule has 1 aromatic rings. The number of alkyl halides is 6. The lowest BCUT2D eigenvalue weighted by Crippen LogP contribution is -2.50. The van der Waals surface area contributed by atoms with E-state index in [0.717, 1.165) is 36.4 Å². The van der Waals surface area contributed by atoms with E-state index in [9.17, 15) is 39.6 Å². The van der Waals surface area contributed by atoms with E-state index < -0.39 is 50.3 Å². The number of nitrogens with zero attached hydrogens (tertiary/aromatic N) is 2. The topological polar surface area (TPSA) is 105 Å². The average Bonchev–Trinajstić information content (AvgIpc) is 3.13. The van der Waals surface area contributed by atoms with Gasteiger partial charge in [-0.1, -0.05) is 19.3 Å². The van der Waals surface area contributed by atoms with Crippen molar-refractivity contribution in [2.45, 2.75) is 62.8 Å². The van der Waals surface area contributed by atoms with E-state index in [0.29, 0.717) is 29.5 Å². The molecule has 2 heterocycles. The summed E-state index contributed by atoms with van der Waals surface area (Å²) in [6.45, 7) is -0.330. The lowest BCUT2D eigenvalue weighted by molar-refractivity contribution is -0.143. The van der Waals surface area contributed by atoms with Crippen molar-refractivity contribution in [2.75, 3.05) is 18.8 Å². The molecule has 1 amide bonds. The maximum absolute atomic E-state index is 13.5. The molecule has 1 aromatic carbocycles. The monoisotopic (exact) mass is 552 g/mol. The first-order chi connectivity index (χ1) is 17.1. The zero-order valence-corrected chi connectivity index (χ0v) is 20.4. The van der Waals surface area contributed by atoms with Crippen LogP contribution in [0.15, 0.2) is 22.5 Å². The molecule has 2 fully saturated rings. The number of benzene rings is 1. The molecular weight excluding hydrogens is 526 g/mol. The molecule has 2 aliphatic heterocycles. The van der Waals surface area contributed by atoms with Crippen molar-refractivity contribution in [1.29, 1.82) is 0 Å². The zero-order valence-electron chi connectivity index (χ0n) is 19.6. The standard InChI is InChI=1S/C23H26F6N4O3S/c24-22(25,26)17-12-15(30)13-18(23(27,28)29)16(17)6-11-37(35,36)33-9-7-21(8-10-33)20(34)31-19(32-21)14-4-2-1-3-5-14/h6,11-14H,1-5,7-10,30H2,(H,31,32,34)/b11-6+. The van der Waals surface area contributed by atoms with Crippen molar-refractivity contribution in [3.63, 3.8) is 0 Å². The molecule has 1 aliphatic carbocycles. The number of halogens is 6. The first-order valence-corrected chi connectivity index (χ1v) is 13.3. The largest absolute Gasteiger partial charge is 0.417 e. The third kappa shape index (κ3) is 5.64. The number of nitrogens with two attached hydrogens (primary N) is 1. The van der Waals surface area contributed by atoms with Crippen molar-refractivity contribution >= 4 is 33.5 Å². The highest BCUT2D eigenvalue weighted by molar-refractivity contribution is 7.92. The van der Waals surface area contributed by atoms with Crippen molar-refractivity contribution in [3.05, 3.63) is 34.2 Å². The minimum atomic E-state index is -5.21. The molecule has 0 atom stereocenters. The molecule has 204 valence electrons. The smallest absolute Gasteiger partial charge is 0.399 e. The van der Waals surface area contributed by atoms with Crippen LogP contribution in [0.4, 0.5) is 32.0 Å². The van der Waals surface area contributed by atoms with Gasteiger partial charge in [-0.05, 0) is 49.5 Å². The second-order valence-corrected chi connectivity index (χ2v) is 11.4. The lowest BCUT2D eigenvalue weighted by atomic mass is 9.88. The van der Waals surface area contributed by atoms with Gasteiger partial charge in [0.2, 0.25) is 10.0 Å². The van der Waals surface area contributed by atoms with Crippen LogP contribution in [0.2, 0.25) is 0 Å². The fourth-order valence-corrected chi connectivity index (χ4v) is 6.30. The Morgan fingerprint density at radius 2 is 1.54 bits per heavy atom. The fourth-order valence-electron chi connectivity index (χ4n) is 5.13. The molecule has 3 N–H and O–H groups in total. The summed E-state index contributed by atoms with van der Waals surface area (Å²) < 4.78 is 108. The summed E-state index contributed by atoms with van der Waals surface area (Å²) in [4.78, 5) is 17.4. The van der Waals surface area contributed by atoms with Gasteiger partial charge in [0, 0.05) is 30.1 Å². The molecule has 4 rings (SSSR count). The Balaban J connectivity index is 1.56.